The molecule has 2 heterocycles. The van der Waals surface area contributed by atoms with Crippen LogP contribution in [0.1, 0.15) is 35.7 Å². The first kappa shape index (κ1) is 21.6. The third-order valence-electron chi connectivity index (χ3n) is 5.66. The first-order valence-corrected chi connectivity index (χ1v) is 11.0. The van der Waals surface area contributed by atoms with E-state index >= 15 is 0 Å². The number of likely N-dealkylation sites (tertiary alicyclic amines) is 1. The number of hydrogen-bond acceptors (Lipinski definition) is 4. The van der Waals surface area contributed by atoms with E-state index in [1.807, 2.05) is 61.5 Å². The van der Waals surface area contributed by atoms with Crippen LogP contribution < -0.4 is 5.32 Å². The molecule has 32 heavy (non-hydrogen) atoms. The standard InChI is InChI=1S/C25H28N4O3/c1-3-32-25(31)28-15-13-20(14-16-28)26-24(30)22-17-29(21-11-9-18(2)10-12-21)27-23(22)19-7-5-4-6-8-19/h4-12,17,20H,3,13-16H2,1-2H3,(H,26,30). The lowest BCUT2D eigenvalue weighted by molar-refractivity contribution is 0.0860. The molecule has 2 amide bonds. The van der Waals surface area contributed by atoms with Gasteiger partial charge in [0, 0.05) is 30.9 Å². The maximum atomic E-state index is 13.3. The van der Waals surface area contributed by atoms with Crippen molar-refractivity contribution in [1.29, 1.82) is 0 Å². The maximum Gasteiger partial charge on any atom is 0.409 e. The van der Waals surface area contributed by atoms with Gasteiger partial charge >= 0.3 is 6.09 Å². The summed E-state index contributed by atoms with van der Waals surface area (Å²) in [6.45, 7) is 5.33. The molecular weight excluding hydrogens is 404 g/mol. The molecule has 0 atom stereocenters. The van der Waals surface area contributed by atoms with E-state index in [-0.39, 0.29) is 18.0 Å². The van der Waals surface area contributed by atoms with Gasteiger partial charge in [-0.2, -0.15) is 5.10 Å². The molecule has 0 spiro atoms. The lowest BCUT2D eigenvalue weighted by atomic mass is 10.0. The zero-order valence-corrected chi connectivity index (χ0v) is 18.5. The summed E-state index contributed by atoms with van der Waals surface area (Å²) in [4.78, 5) is 26.9. The summed E-state index contributed by atoms with van der Waals surface area (Å²) in [6.07, 6.45) is 2.88. The third-order valence-corrected chi connectivity index (χ3v) is 5.66. The fraction of sp³-hybridized carbons (Fsp3) is 0.320. The second-order valence-electron chi connectivity index (χ2n) is 7.97. The quantitative estimate of drug-likeness (QED) is 0.656. The van der Waals surface area contributed by atoms with E-state index in [4.69, 9.17) is 9.84 Å². The van der Waals surface area contributed by atoms with E-state index < -0.39 is 0 Å². The summed E-state index contributed by atoms with van der Waals surface area (Å²) in [5, 5.41) is 7.88. The summed E-state index contributed by atoms with van der Waals surface area (Å²) in [7, 11) is 0. The molecule has 0 radical (unpaired) electrons. The van der Waals surface area contributed by atoms with Gasteiger partial charge in [0.2, 0.25) is 0 Å². The summed E-state index contributed by atoms with van der Waals surface area (Å²) < 4.78 is 6.82. The topological polar surface area (TPSA) is 76.5 Å². The van der Waals surface area contributed by atoms with Gasteiger partial charge < -0.3 is 15.0 Å². The fourth-order valence-corrected chi connectivity index (χ4v) is 3.86. The number of aryl methyl sites for hydroxylation is 1. The number of rotatable bonds is 5. The lowest BCUT2D eigenvalue weighted by Gasteiger charge is -2.31. The van der Waals surface area contributed by atoms with Gasteiger partial charge in [0.05, 0.1) is 17.9 Å². The van der Waals surface area contributed by atoms with E-state index in [9.17, 15) is 9.59 Å². The fourth-order valence-electron chi connectivity index (χ4n) is 3.86. The van der Waals surface area contributed by atoms with Crippen LogP contribution in [0.3, 0.4) is 0 Å². The van der Waals surface area contributed by atoms with Gasteiger partial charge in [-0.05, 0) is 38.8 Å². The molecule has 7 nitrogen and oxygen atoms in total. The predicted molar refractivity (Wildman–Crippen MR) is 123 cm³/mol. The number of piperidine rings is 1. The lowest BCUT2D eigenvalue weighted by Crippen LogP contribution is -2.46. The molecule has 1 aliphatic rings. The van der Waals surface area contributed by atoms with Crippen molar-refractivity contribution in [3.05, 3.63) is 71.9 Å². The summed E-state index contributed by atoms with van der Waals surface area (Å²) >= 11 is 0. The number of carbonyl (C=O) groups is 2. The minimum absolute atomic E-state index is 0.000440. The van der Waals surface area contributed by atoms with Crippen molar-refractivity contribution in [2.45, 2.75) is 32.7 Å². The predicted octanol–water partition coefficient (Wildman–Crippen LogP) is 4.20. The van der Waals surface area contributed by atoms with E-state index in [1.165, 1.54) is 0 Å². The Kier molecular flexibility index (Phi) is 6.54. The maximum absolute atomic E-state index is 13.3. The molecular formula is C25H28N4O3. The Morgan fingerprint density at radius 3 is 2.41 bits per heavy atom. The molecule has 1 N–H and O–H groups in total. The largest absolute Gasteiger partial charge is 0.450 e. The Balaban J connectivity index is 1.53. The van der Waals surface area contributed by atoms with Gasteiger partial charge in [0.1, 0.15) is 5.69 Å². The molecule has 0 aliphatic carbocycles. The second-order valence-corrected chi connectivity index (χ2v) is 7.97. The van der Waals surface area contributed by atoms with Crippen molar-refractivity contribution in [3.63, 3.8) is 0 Å². The van der Waals surface area contributed by atoms with Gasteiger partial charge in [-0.1, -0.05) is 48.0 Å². The van der Waals surface area contributed by atoms with Gasteiger partial charge in [0.25, 0.3) is 5.91 Å². The molecule has 4 rings (SSSR count). The van der Waals surface area contributed by atoms with Crippen LogP contribution in [0, 0.1) is 6.92 Å². The first-order chi connectivity index (χ1) is 15.5. The Morgan fingerprint density at radius 2 is 1.75 bits per heavy atom. The third kappa shape index (κ3) is 4.82. The molecule has 1 aliphatic heterocycles. The van der Waals surface area contributed by atoms with Crippen LogP contribution in [-0.4, -0.2) is 52.4 Å². The zero-order valence-electron chi connectivity index (χ0n) is 18.5. The van der Waals surface area contributed by atoms with Gasteiger partial charge in [-0.25, -0.2) is 9.48 Å². The first-order valence-electron chi connectivity index (χ1n) is 11.0. The minimum atomic E-state index is -0.289. The highest BCUT2D eigenvalue weighted by atomic mass is 16.6. The van der Waals surface area contributed by atoms with E-state index in [1.54, 1.807) is 22.7 Å². The number of benzene rings is 2. The molecule has 1 fully saturated rings. The van der Waals surface area contributed by atoms with Crippen LogP contribution in [0.4, 0.5) is 4.79 Å². The Hall–Kier alpha value is -3.61. The Morgan fingerprint density at radius 1 is 1.06 bits per heavy atom. The van der Waals surface area contributed by atoms with Crippen LogP contribution in [0.15, 0.2) is 60.8 Å². The molecule has 2 aromatic carbocycles. The van der Waals surface area contributed by atoms with E-state index in [2.05, 4.69) is 5.32 Å². The van der Waals surface area contributed by atoms with Crippen molar-refractivity contribution >= 4 is 12.0 Å². The minimum Gasteiger partial charge on any atom is -0.450 e. The number of nitrogens with one attached hydrogen (secondary N) is 1. The summed E-state index contributed by atoms with van der Waals surface area (Å²) in [6, 6.07) is 17.8. The molecule has 0 saturated carbocycles. The molecule has 0 bridgehead atoms. The average Bonchev–Trinajstić information content (AvgIpc) is 3.26. The van der Waals surface area contributed by atoms with Crippen molar-refractivity contribution in [3.8, 4) is 16.9 Å². The van der Waals surface area contributed by atoms with Crippen LogP contribution in [0.5, 0.6) is 0 Å². The van der Waals surface area contributed by atoms with E-state index in [0.717, 1.165) is 16.8 Å². The number of hydrogen-bond donors (Lipinski definition) is 1. The van der Waals surface area contributed by atoms with Crippen LogP contribution in [-0.2, 0) is 4.74 Å². The molecule has 1 saturated heterocycles. The highest BCUT2D eigenvalue weighted by molar-refractivity contribution is 6.00. The van der Waals surface area contributed by atoms with Crippen LogP contribution in [0.25, 0.3) is 16.9 Å². The normalized spacial score (nSPS) is 14.2. The highest BCUT2D eigenvalue weighted by Crippen LogP contribution is 2.24. The van der Waals surface area contributed by atoms with Gasteiger partial charge in [-0.15, -0.1) is 0 Å². The number of amides is 2. The zero-order chi connectivity index (χ0) is 22.5. The molecule has 1 aromatic heterocycles. The smallest absolute Gasteiger partial charge is 0.409 e. The monoisotopic (exact) mass is 432 g/mol. The Bertz CT molecular complexity index is 1070. The van der Waals surface area contributed by atoms with Gasteiger partial charge in [-0.3, -0.25) is 4.79 Å². The summed E-state index contributed by atoms with van der Waals surface area (Å²) in [5.74, 6) is -0.156. The number of carbonyl (C=O) groups excluding carboxylic acids is 2. The number of aromatic nitrogens is 2. The molecule has 3 aromatic rings. The van der Waals surface area contributed by atoms with Crippen molar-refractivity contribution in [2.75, 3.05) is 19.7 Å². The molecule has 7 heteroatoms. The van der Waals surface area contributed by atoms with Crippen molar-refractivity contribution < 1.29 is 14.3 Å². The molecule has 166 valence electrons. The average molecular weight is 433 g/mol. The van der Waals surface area contributed by atoms with Crippen LogP contribution >= 0.6 is 0 Å². The summed E-state index contributed by atoms with van der Waals surface area (Å²) in [5.41, 5.74) is 4.13. The highest BCUT2D eigenvalue weighted by Gasteiger charge is 2.26. The van der Waals surface area contributed by atoms with Crippen LogP contribution in [0.2, 0.25) is 0 Å². The number of ether oxygens (including phenoxy) is 1. The Labute approximate surface area is 188 Å². The van der Waals surface area contributed by atoms with Crippen molar-refractivity contribution in [2.24, 2.45) is 0 Å². The SMILES string of the molecule is CCOC(=O)N1CCC(NC(=O)c2cn(-c3ccc(C)cc3)nc2-c2ccccc2)CC1. The molecule has 0 unspecified atom stereocenters. The van der Waals surface area contributed by atoms with Gasteiger partial charge in [0.15, 0.2) is 0 Å². The second kappa shape index (κ2) is 9.68. The number of nitrogens with zero attached hydrogens (tertiary/aromatic N) is 3. The van der Waals surface area contributed by atoms with E-state index in [0.29, 0.717) is 43.8 Å². The van der Waals surface area contributed by atoms with Crippen molar-refractivity contribution in [1.82, 2.24) is 20.0 Å².